The highest BCUT2D eigenvalue weighted by molar-refractivity contribution is 7.14. The molecule has 1 aromatic rings. The van der Waals surface area contributed by atoms with Crippen LogP contribution in [0.25, 0.3) is 0 Å². The zero-order valence-corrected chi connectivity index (χ0v) is 10.2. The van der Waals surface area contributed by atoms with E-state index in [0.717, 1.165) is 9.75 Å². The minimum Gasteiger partial charge on any atom is -0.395 e. The van der Waals surface area contributed by atoms with Gasteiger partial charge in [-0.1, -0.05) is 0 Å². The fraction of sp³-hybridized carbons (Fsp3) is 0.545. The highest BCUT2D eigenvalue weighted by Gasteiger charge is 2.14. The van der Waals surface area contributed by atoms with Gasteiger partial charge in [-0.2, -0.15) is 0 Å². The van der Waals surface area contributed by atoms with Crippen LogP contribution in [0.15, 0.2) is 12.1 Å². The lowest BCUT2D eigenvalue weighted by molar-refractivity contribution is 0.0894. The van der Waals surface area contributed by atoms with Crippen LogP contribution in [-0.2, 0) is 0 Å². The monoisotopic (exact) mass is 227 g/mol. The molecule has 1 N–H and O–H groups in total. The fourth-order valence-electron chi connectivity index (χ4n) is 1.18. The van der Waals surface area contributed by atoms with E-state index in [4.69, 9.17) is 5.11 Å². The maximum Gasteiger partial charge on any atom is 0.186 e. The molecule has 15 heavy (non-hydrogen) atoms. The van der Waals surface area contributed by atoms with Crippen LogP contribution in [0.4, 0.5) is 0 Å². The van der Waals surface area contributed by atoms with E-state index in [1.54, 1.807) is 0 Å². The number of nitrogens with zero attached hydrogens (tertiary/aromatic N) is 1. The molecular weight excluding hydrogens is 210 g/mol. The second-order valence-electron chi connectivity index (χ2n) is 3.78. The second kappa shape index (κ2) is 5.39. The van der Waals surface area contributed by atoms with Gasteiger partial charge in [0.2, 0.25) is 0 Å². The first-order valence-corrected chi connectivity index (χ1v) is 5.77. The number of aryl methyl sites for hydroxylation is 1. The van der Waals surface area contributed by atoms with Gasteiger partial charge in [0.15, 0.2) is 5.78 Å². The molecule has 0 saturated heterocycles. The number of carbonyl (C=O) groups excluding carboxylic acids is 1. The first kappa shape index (κ1) is 12.4. The van der Waals surface area contributed by atoms with E-state index in [0.29, 0.717) is 6.54 Å². The van der Waals surface area contributed by atoms with Crippen LogP contribution in [-0.4, -0.2) is 42.0 Å². The number of aliphatic hydroxyl groups is 1. The van der Waals surface area contributed by atoms with Crippen molar-refractivity contribution >= 4 is 17.1 Å². The Morgan fingerprint density at radius 1 is 1.60 bits per heavy atom. The molecule has 0 aliphatic heterocycles. The number of likely N-dealkylation sites (N-methyl/N-ethyl adjacent to an activating group) is 1. The predicted octanol–water partition coefficient (Wildman–Crippen LogP) is 1.55. The smallest absolute Gasteiger partial charge is 0.186 e. The molecule has 3 nitrogen and oxygen atoms in total. The summed E-state index contributed by atoms with van der Waals surface area (Å²) in [4.78, 5) is 15.6. The quantitative estimate of drug-likeness (QED) is 0.776. The lowest BCUT2D eigenvalue weighted by Crippen LogP contribution is -2.35. The van der Waals surface area contributed by atoms with Gasteiger partial charge in [0.25, 0.3) is 0 Å². The van der Waals surface area contributed by atoms with E-state index in [9.17, 15) is 4.79 Å². The second-order valence-corrected chi connectivity index (χ2v) is 5.07. The molecule has 1 rings (SSSR count). The number of carbonyl (C=O) groups is 1. The van der Waals surface area contributed by atoms with Crippen molar-refractivity contribution in [2.75, 3.05) is 20.2 Å². The van der Waals surface area contributed by atoms with E-state index in [1.807, 2.05) is 37.9 Å². The zero-order chi connectivity index (χ0) is 11.4. The number of hydrogen-bond donors (Lipinski definition) is 1. The van der Waals surface area contributed by atoms with Gasteiger partial charge in [-0.05, 0) is 33.0 Å². The van der Waals surface area contributed by atoms with E-state index in [-0.39, 0.29) is 18.4 Å². The van der Waals surface area contributed by atoms with Crippen molar-refractivity contribution in [3.05, 3.63) is 21.9 Å². The summed E-state index contributed by atoms with van der Waals surface area (Å²) in [5, 5.41) is 8.94. The predicted molar refractivity (Wildman–Crippen MR) is 62.6 cm³/mol. The molecule has 1 aromatic heterocycles. The third-order valence-electron chi connectivity index (χ3n) is 2.42. The summed E-state index contributed by atoms with van der Waals surface area (Å²) in [6, 6.07) is 3.84. The number of aliphatic hydroxyl groups excluding tert-OH is 1. The van der Waals surface area contributed by atoms with Crippen LogP contribution in [0.3, 0.4) is 0 Å². The molecule has 0 spiro atoms. The average molecular weight is 227 g/mol. The van der Waals surface area contributed by atoms with Gasteiger partial charge in [0, 0.05) is 10.9 Å². The molecule has 0 saturated carbocycles. The molecule has 84 valence electrons. The molecule has 0 bridgehead atoms. The Bertz CT molecular complexity index is 335. The summed E-state index contributed by atoms with van der Waals surface area (Å²) >= 11 is 1.52. The average Bonchev–Trinajstić information content (AvgIpc) is 2.63. The van der Waals surface area contributed by atoms with Gasteiger partial charge in [-0.25, -0.2) is 0 Å². The molecule has 0 aliphatic carbocycles. The molecular formula is C11H17NO2S. The molecule has 1 atom stereocenters. The first-order chi connectivity index (χ1) is 7.04. The summed E-state index contributed by atoms with van der Waals surface area (Å²) < 4.78 is 0. The Morgan fingerprint density at radius 2 is 2.27 bits per heavy atom. The SMILES string of the molecule is Cc1ccc(C(=O)CN(C)C(C)CO)s1. The van der Waals surface area contributed by atoms with E-state index in [2.05, 4.69) is 0 Å². The third kappa shape index (κ3) is 3.41. The van der Waals surface area contributed by atoms with Crippen LogP contribution >= 0.6 is 11.3 Å². The molecule has 0 fully saturated rings. The van der Waals surface area contributed by atoms with Gasteiger partial charge in [-0.15, -0.1) is 11.3 Å². The standard InChI is InChI=1S/C11H17NO2S/c1-8(7-13)12(3)6-10(14)11-5-4-9(2)15-11/h4-5,8,13H,6-7H2,1-3H3. The number of rotatable bonds is 5. The van der Waals surface area contributed by atoms with E-state index in [1.165, 1.54) is 11.3 Å². The van der Waals surface area contributed by atoms with Crippen molar-refractivity contribution in [1.82, 2.24) is 4.90 Å². The Labute approximate surface area is 94.3 Å². The van der Waals surface area contributed by atoms with Crippen molar-refractivity contribution in [3.63, 3.8) is 0 Å². The van der Waals surface area contributed by atoms with Gasteiger partial charge in [0.1, 0.15) is 0 Å². The summed E-state index contributed by atoms with van der Waals surface area (Å²) in [5.41, 5.74) is 0. The number of thiophene rings is 1. The van der Waals surface area contributed by atoms with Crippen molar-refractivity contribution in [3.8, 4) is 0 Å². The Hall–Kier alpha value is -0.710. The Morgan fingerprint density at radius 3 is 2.73 bits per heavy atom. The van der Waals surface area contributed by atoms with Crippen LogP contribution in [0.2, 0.25) is 0 Å². The lowest BCUT2D eigenvalue weighted by atomic mass is 10.2. The van der Waals surface area contributed by atoms with Crippen LogP contribution in [0.5, 0.6) is 0 Å². The molecule has 1 heterocycles. The van der Waals surface area contributed by atoms with Crippen molar-refractivity contribution < 1.29 is 9.90 Å². The molecule has 4 heteroatoms. The molecule has 0 aliphatic rings. The van der Waals surface area contributed by atoms with Gasteiger partial charge in [0.05, 0.1) is 18.0 Å². The number of Topliss-reactive ketones (excluding diaryl/α,β-unsaturated/α-hetero) is 1. The summed E-state index contributed by atoms with van der Waals surface area (Å²) in [7, 11) is 1.85. The topological polar surface area (TPSA) is 40.5 Å². The molecule has 0 amide bonds. The van der Waals surface area contributed by atoms with Crippen molar-refractivity contribution in [2.24, 2.45) is 0 Å². The summed E-state index contributed by atoms with van der Waals surface area (Å²) in [6.07, 6.45) is 0. The maximum atomic E-state index is 11.8. The molecule has 1 unspecified atom stereocenters. The normalized spacial score (nSPS) is 13.1. The lowest BCUT2D eigenvalue weighted by Gasteiger charge is -2.21. The summed E-state index contributed by atoms with van der Waals surface area (Å²) in [5.74, 6) is 0.121. The van der Waals surface area contributed by atoms with E-state index < -0.39 is 0 Å². The van der Waals surface area contributed by atoms with Gasteiger partial charge >= 0.3 is 0 Å². The third-order valence-corrected chi connectivity index (χ3v) is 3.47. The highest BCUT2D eigenvalue weighted by atomic mass is 32.1. The Balaban J connectivity index is 2.56. The van der Waals surface area contributed by atoms with Crippen molar-refractivity contribution in [2.45, 2.75) is 19.9 Å². The maximum absolute atomic E-state index is 11.8. The largest absolute Gasteiger partial charge is 0.395 e. The van der Waals surface area contributed by atoms with Crippen LogP contribution in [0, 0.1) is 6.92 Å². The minimum atomic E-state index is 0.0232. The van der Waals surface area contributed by atoms with E-state index >= 15 is 0 Å². The summed E-state index contributed by atoms with van der Waals surface area (Å²) in [6.45, 7) is 4.32. The molecule has 0 aromatic carbocycles. The van der Waals surface area contributed by atoms with Crippen LogP contribution < -0.4 is 0 Å². The zero-order valence-electron chi connectivity index (χ0n) is 9.36. The highest BCUT2D eigenvalue weighted by Crippen LogP contribution is 2.16. The minimum absolute atomic E-state index is 0.0232. The Kier molecular flexibility index (Phi) is 4.45. The van der Waals surface area contributed by atoms with Crippen molar-refractivity contribution in [1.29, 1.82) is 0 Å². The molecule has 0 radical (unpaired) electrons. The first-order valence-electron chi connectivity index (χ1n) is 4.95. The van der Waals surface area contributed by atoms with Crippen LogP contribution in [0.1, 0.15) is 21.5 Å². The fourth-order valence-corrected chi connectivity index (χ4v) is 1.98. The van der Waals surface area contributed by atoms with Gasteiger partial charge < -0.3 is 5.11 Å². The van der Waals surface area contributed by atoms with Gasteiger partial charge in [-0.3, -0.25) is 9.69 Å². The number of hydrogen-bond acceptors (Lipinski definition) is 4. The number of ketones is 1.